The van der Waals surface area contributed by atoms with E-state index in [1.807, 2.05) is 58.9 Å². The first-order chi connectivity index (χ1) is 22.6. The van der Waals surface area contributed by atoms with Gasteiger partial charge in [-0.25, -0.2) is 0 Å². The zero-order valence-corrected chi connectivity index (χ0v) is 28.8. The van der Waals surface area contributed by atoms with Gasteiger partial charge in [-0.2, -0.15) is 0 Å². The standard InChI is InChI=1S/C17H21NO4.C15H19NO2.C7H14/c1-11(2)15(10-20)18-8-6-12-13(16(21)7-9-19)4-3-5-14(12)17(18)22;1-10(2)14(9-17)16-8-7-12-11(3)5-4-6-13(12)15(16)18;1-2-4-6-7-5-3-1/h3-6,8,11,15,19-20H,7,9-10H2,1-2H3;4-8,10,14,17H,9H2,1-3H3;1-7H2. The van der Waals surface area contributed by atoms with Crippen molar-refractivity contribution >= 4 is 27.3 Å². The van der Waals surface area contributed by atoms with Gasteiger partial charge in [-0.3, -0.25) is 14.4 Å². The van der Waals surface area contributed by atoms with E-state index < -0.39 is 0 Å². The Bertz CT molecular complexity index is 1680. The summed E-state index contributed by atoms with van der Waals surface area (Å²) in [5.74, 6) is 0.141. The SMILES string of the molecule is C1CCCCCC1.CC(C)C(CO)n1ccc2c(C(=O)CCO)cccc2c1=O.Cc1cccc2c(=O)n(C(CO)C(C)C)ccc12. The first-order valence-electron chi connectivity index (χ1n) is 17.2. The molecule has 1 aliphatic rings. The van der Waals surface area contributed by atoms with Gasteiger partial charge in [-0.1, -0.05) is 96.9 Å². The van der Waals surface area contributed by atoms with E-state index in [1.165, 1.54) is 49.5 Å². The molecule has 0 amide bonds. The lowest BCUT2D eigenvalue weighted by Crippen LogP contribution is -2.30. The van der Waals surface area contributed by atoms with Gasteiger partial charge in [0.05, 0.1) is 31.9 Å². The minimum Gasteiger partial charge on any atom is -0.396 e. The zero-order chi connectivity index (χ0) is 34.5. The average molecular weight is 647 g/mol. The molecule has 2 heterocycles. The minimum absolute atomic E-state index is 0.0190. The van der Waals surface area contributed by atoms with Crippen molar-refractivity contribution in [2.45, 2.75) is 98.1 Å². The Hall–Kier alpha value is -3.59. The molecule has 3 N–H and O–H groups in total. The van der Waals surface area contributed by atoms with Crippen molar-refractivity contribution in [3.05, 3.63) is 92.8 Å². The van der Waals surface area contributed by atoms with Crippen LogP contribution in [0.3, 0.4) is 0 Å². The fourth-order valence-electron chi connectivity index (χ4n) is 6.22. The third-order valence-corrected chi connectivity index (χ3v) is 9.18. The van der Waals surface area contributed by atoms with Crippen LogP contribution in [0.1, 0.15) is 107 Å². The summed E-state index contributed by atoms with van der Waals surface area (Å²) in [5.41, 5.74) is 1.30. The lowest BCUT2D eigenvalue weighted by molar-refractivity contribution is 0.0958. The molecular weight excluding hydrogens is 592 g/mol. The molecule has 0 bridgehead atoms. The number of fused-ring (bicyclic) bond motifs is 2. The summed E-state index contributed by atoms with van der Waals surface area (Å²) >= 11 is 0. The first kappa shape index (κ1) is 37.9. The predicted octanol–water partition coefficient (Wildman–Crippen LogP) is 6.99. The van der Waals surface area contributed by atoms with Gasteiger partial charge in [-0.15, -0.1) is 0 Å². The molecule has 47 heavy (non-hydrogen) atoms. The van der Waals surface area contributed by atoms with E-state index in [-0.39, 0.29) is 67.1 Å². The second-order valence-corrected chi connectivity index (χ2v) is 13.2. The second-order valence-electron chi connectivity index (χ2n) is 13.2. The van der Waals surface area contributed by atoms with E-state index in [4.69, 9.17) is 5.11 Å². The van der Waals surface area contributed by atoms with Crippen LogP contribution in [-0.2, 0) is 0 Å². The number of aliphatic hydroxyl groups is 3. The first-order valence-corrected chi connectivity index (χ1v) is 17.2. The maximum absolute atomic E-state index is 12.7. The number of carbonyl (C=O) groups is 1. The van der Waals surface area contributed by atoms with Crippen molar-refractivity contribution in [3.8, 4) is 0 Å². The van der Waals surface area contributed by atoms with Gasteiger partial charge >= 0.3 is 0 Å². The molecule has 8 heteroatoms. The number of rotatable bonds is 9. The highest BCUT2D eigenvalue weighted by Gasteiger charge is 2.19. The Morgan fingerprint density at radius 2 is 1.06 bits per heavy atom. The largest absolute Gasteiger partial charge is 0.396 e. The highest BCUT2D eigenvalue weighted by Crippen LogP contribution is 2.22. The second kappa shape index (κ2) is 18.7. The van der Waals surface area contributed by atoms with Crippen molar-refractivity contribution in [2.24, 2.45) is 11.8 Å². The highest BCUT2D eigenvalue weighted by molar-refractivity contribution is 6.07. The number of aryl methyl sites for hydroxylation is 1. The van der Waals surface area contributed by atoms with Crippen LogP contribution >= 0.6 is 0 Å². The monoisotopic (exact) mass is 646 g/mol. The van der Waals surface area contributed by atoms with Crippen molar-refractivity contribution in [3.63, 3.8) is 0 Å². The van der Waals surface area contributed by atoms with Crippen LogP contribution in [0, 0.1) is 18.8 Å². The zero-order valence-electron chi connectivity index (χ0n) is 28.8. The lowest BCUT2D eigenvalue weighted by Gasteiger charge is -2.21. The van der Waals surface area contributed by atoms with Crippen molar-refractivity contribution in [1.82, 2.24) is 9.13 Å². The van der Waals surface area contributed by atoms with E-state index in [0.717, 1.165) is 16.3 Å². The summed E-state index contributed by atoms with van der Waals surface area (Å²) in [6, 6.07) is 14.0. The van der Waals surface area contributed by atoms with E-state index in [0.29, 0.717) is 16.3 Å². The number of Topliss-reactive ketones (excluding diaryl/α,β-unsaturated/α-hetero) is 1. The Morgan fingerprint density at radius 3 is 1.49 bits per heavy atom. The van der Waals surface area contributed by atoms with Gasteiger partial charge in [0, 0.05) is 35.2 Å². The summed E-state index contributed by atoms with van der Waals surface area (Å²) in [6.45, 7) is 9.55. The molecular formula is C39H54N2O6. The number of aliphatic hydroxyl groups excluding tert-OH is 3. The van der Waals surface area contributed by atoms with Gasteiger partial charge in [0.1, 0.15) is 0 Å². The number of pyridine rings is 2. The molecule has 2 aromatic heterocycles. The summed E-state index contributed by atoms with van der Waals surface area (Å²) in [4.78, 5) is 37.1. The van der Waals surface area contributed by atoms with E-state index in [9.17, 15) is 24.6 Å². The van der Waals surface area contributed by atoms with E-state index in [1.54, 1.807) is 41.2 Å². The molecule has 2 unspecified atom stereocenters. The van der Waals surface area contributed by atoms with Crippen LogP contribution in [0.5, 0.6) is 0 Å². The van der Waals surface area contributed by atoms with Crippen molar-refractivity contribution in [2.75, 3.05) is 19.8 Å². The quantitative estimate of drug-likeness (QED) is 0.133. The number of hydrogen-bond acceptors (Lipinski definition) is 6. The number of nitrogens with zero attached hydrogens (tertiary/aromatic N) is 2. The van der Waals surface area contributed by atoms with Crippen LogP contribution < -0.4 is 11.1 Å². The number of benzene rings is 2. The van der Waals surface area contributed by atoms with Crippen LogP contribution in [0.25, 0.3) is 21.5 Å². The van der Waals surface area contributed by atoms with Crippen LogP contribution in [0.4, 0.5) is 0 Å². The van der Waals surface area contributed by atoms with Crippen LogP contribution in [0.2, 0.25) is 0 Å². The Labute approximate surface area is 278 Å². The third-order valence-electron chi connectivity index (χ3n) is 9.18. The maximum Gasteiger partial charge on any atom is 0.258 e. The fourth-order valence-corrected chi connectivity index (χ4v) is 6.22. The maximum atomic E-state index is 12.7. The molecule has 2 atom stereocenters. The molecule has 0 spiro atoms. The lowest BCUT2D eigenvalue weighted by atomic mass is 10.00. The number of aromatic nitrogens is 2. The molecule has 0 aliphatic heterocycles. The molecule has 0 saturated heterocycles. The summed E-state index contributed by atoms with van der Waals surface area (Å²) in [5, 5.41) is 30.6. The Morgan fingerprint density at radius 1 is 0.638 bits per heavy atom. The molecule has 8 nitrogen and oxygen atoms in total. The third kappa shape index (κ3) is 9.72. The summed E-state index contributed by atoms with van der Waals surface area (Å²) in [6.07, 6.45) is 14.0. The minimum atomic E-state index is -0.298. The van der Waals surface area contributed by atoms with Crippen LogP contribution in [-0.4, -0.2) is 50.1 Å². The number of carbonyl (C=O) groups excluding carboxylic acids is 1. The Balaban J connectivity index is 0.000000214. The van der Waals surface area contributed by atoms with Crippen molar-refractivity contribution < 1.29 is 20.1 Å². The average Bonchev–Trinajstić information content (AvgIpc) is 3.38. The topological polar surface area (TPSA) is 122 Å². The van der Waals surface area contributed by atoms with Gasteiger partial charge in [0.2, 0.25) is 0 Å². The van der Waals surface area contributed by atoms with Gasteiger partial charge in [0.25, 0.3) is 11.1 Å². The summed E-state index contributed by atoms with van der Waals surface area (Å²) < 4.78 is 3.17. The van der Waals surface area contributed by atoms with Gasteiger partial charge in [0.15, 0.2) is 5.78 Å². The molecule has 256 valence electrons. The molecule has 4 aromatic rings. The molecule has 0 radical (unpaired) electrons. The molecule has 2 aromatic carbocycles. The van der Waals surface area contributed by atoms with E-state index >= 15 is 0 Å². The Kier molecular flexibility index (Phi) is 15.0. The smallest absolute Gasteiger partial charge is 0.258 e. The number of hydrogen-bond donors (Lipinski definition) is 3. The fraction of sp³-hybridized carbons (Fsp3) is 0.513. The van der Waals surface area contributed by atoms with Gasteiger partial charge < -0.3 is 24.5 Å². The molecule has 1 saturated carbocycles. The normalized spacial score (nSPS) is 14.6. The highest BCUT2D eigenvalue weighted by atomic mass is 16.3. The van der Waals surface area contributed by atoms with Gasteiger partial charge in [-0.05, 0) is 59.4 Å². The van der Waals surface area contributed by atoms with Crippen LogP contribution in [0.15, 0.2) is 70.5 Å². The number of ketones is 1. The molecule has 1 fully saturated rings. The summed E-state index contributed by atoms with van der Waals surface area (Å²) in [7, 11) is 0. The molecule has 1 aliphatic carbocycles. The molecule has 5 rings (SSSR count). The predicted molar refractivity (Wildman–Crippen MR) is 191 cm³/mol. The van der Waals surface area contributed by atoms with E-state index in [2.05, 4.69) is 0 Å². The van der Waals surface area contributed by atoms with Crippen molar-refractivity contribution in [1.29, 1.82) is 0 Å².